The van der Waals surface area contributed by atoms with Crippen molar-refractivity contribution in [2.75, 3.05) is 18.1 Å². The molecule has 4 amide bonds. The van der Waals surface area contributed by atoms with Gasteiger partial charge < -0.3 is 25.6 Å². The molecule has 7 rings (SSSR count). The van der Waals surface area contributed by atoms with E-state index in [-0.39, 0.29) is 29.5 Å². The fraction of sp³-hybridized carbons (Fsp3) is 0.500. The Hall–Kier alpha value is -4.17. The summed E-state index contributed by atoms with van der Waals surface area (Å²) in [6.07, 6.45) is 1.63. The van der Waals surface area contributed by atoms with E-state index in [4.69, 9.17) is 19.7 Å². The van der Waals surface area contributed by atoms with E-state index in [2.05, 4.69) is 16.0 Å². The molecule has 0 spiro atoms. The number of nitrogens with zero attached hydrogens (tertiary/aromatic N) is 4. The zero-order valence-corrected chi connectivity index (χ0v) is 31.2. The highest BCUT2D eigenvalue weighted by Gasteiger charge is 2.44. The van der Waals surface area contributed by atoms with E-state index < -0.39 is 48.4 Å². The van der Waals surface area contributed by atoms with Gasteiger partial charge >= 0.3 is 0 Å². The zero-order chi connectivity index (χ0) is 36.4. The molecule has 3 N–H and O–H groups in total. The SMILES string of the molecule is CC(C)[C@H]1NC(=O)[C@H]2N=C(O[C@@H]2C)[C@@H]2CCCN2C(=O)[C@H](Cc2ccccc2)NC(=O)C2CSC(=N2)[C@@H](Cc2ccccc2)NC(=O)[C@@H]2CSC1=N2. The molecule has 12 nitrogen and oxygen atoms in total. The first kappa shape index (κ1) is 36.2. The molecule has 0 saturated carbocycles. The van der Waals surface area contributed by atoms with Crippen LogP contribution in [0.25, 0.3) is 0 Å². The van der Waals surface area contributed by atoms with E-state index in [1.165, 1.54) is 23.5 Å². The second-order valence-electron chi connectivity index (χ2n) is 14.2. The van der Waals surface area contributed by atoms with Crippen LogP contribution in [0.5, 0.6) is 0 Å². The van der Waals surface area contributed by atoms with Crippen molar-refractivity contribution in [2.45, 2.75) is 94.9 Å². The maximum Gasteiger partial charge on any atom is 0.249 e. The van der Waals surface area contributed by atoms with E-state index in [0.29, 0.717) is 53.3 Å². The van der Waals surface area contributed by atoms with Gasteiger partial charge in [-0.15, -0.1) is 23.5 Å². The van der Waals surface area contributed by atoms with Gasteiger partial charge in [0.1, 0.15) is 30.3 Å². The number of nitrogens with one attached hydrogen (secondary N) is 3. The summed E-state index contributed by atoms with van der Waals surface area (Å²) in [5, 5.41) is 10.8. The number of hydrogen-bond acceptors (Lipinski definition) is 10. The van der Waals surface area contributed by atoms with Gasteiger partial charge in [-0.25, -0.2) is 4.99 Å². The fourth-order valence-electron chi connectivity index (χ4n) is 7.25. The summed E-state index contributed by atoms with van der Waals surface area (Å²) in [5.74, 6) is 0.108. The Morgan fingerprint density at radius 3 is 1.98 bits per heavy atom. The van der Waals surface area contributed by atoms with E-state index in [1.807, 2.05) is 81.4 Å². The molecule has 0 radical (unpaired) electrons. The Bertz CT molecular complexity index is 1770. The van der Waals surface area contributed by atoms with Gasteiger partial charge in [-0.3, -0.25) is 29.2 Å². The molecule has 1 saturated heterocycles. The average molecular weight is 744 g/mol. The molecule has 2 aromatic carbocycles. The molecule has 1 fully saturated rings. The van der Waals surface area contributed by atoms with E-state index in [0.717, 1.165) is 17.5 Å². The van der Waals surface area contributed by atoms with Gasteiger partial charge in [0.15, 0.2) is 6.04 Å². The lowest BCUT2D eigenvalue weighted by Gasteiger charge is -2.29. The normalized spacial score (nSPS) is 31.1. The predicted octanol–water partition coefficient (Wildman–Crippen LogP) is 2.80. The number of hydrogen-bond donors (Lipinski definition) is 3. The topological polar surface area (TPSA) is 154 Å². The molecule has 14 heteroatoms. The third kappa shape index (κ3) is 7.92. The summed E-state index contributed by atoms with van der Waals surface area (Å²) in [4.78, 5) is 72.2. The molecule has 5 aliphatic heterocycles. The molecule has 2 aromatic rings. The lowest BCUT2D eigenvalue weighted by Crippen LogP contribution is -2.54. The Labute approximate surface area is 312 Å². The van der Waals surface area contributed by atoms with Gasteiger partial charge in [-0.2, -0.15) is 0 Å². The number of fused-ring (bicyclic) bond motifs is 5. The summed E-state index contributed by atoms with van der Waals surface area (Å²) in [6, 6.07) is 15.1. The van der Waals surface area contributed by atoms with Gasteiger partial charge in [-0.05, 0) is 43.2 Å². The summed E-state index contributed by atoms with van der Waals surface area (Å²) in [6.45, 7) is 6.31. The third-order valence-electron chi connectivity index (χ3n) is 10.1. The Balaban J connectivity index is 1.24. The summed E-state index contributed by atoms with van der Waals surface area (Å²) >= 11 is 2.93. The fourth-order valence-corrected chi connectivity index (χ4v) is 9.62. The van der Waals surface area contributed by atoms with Crippen LogP contribution >= 0.6 is 23.5 Å². The predicted molar refractivity (Wildman–Crippen MR) is 205 cm³/mol. The van der Waals surface area contributed by atoms with Crippen LogP contribution in [0, 0.1) is 5.92 Å². The molecule has 0 aromatic heterocycles. The zero-order valence-electron chi connectivity index (χ0n) is 29.6. The molecule has 6 bridgehead atoms. The maximum atomic E-state index is 14.4. The van der Waals surface area contributed by atoms with Crippen LogP contribution in [0.4, 0.5) is 0 Å². The number of benzene rings is 2. The first-order valence-electron chi connectivity index (χ1n) is 18.1. The Morgan fingerprint density at radius 2 is 1.35 bits per heavy atom. The first-order valence-corrected chi connectivity index (χ1v) is 20.1. The third-order valence-corrected chi connectivity index (χ3v) is 12.4. The van der Waals surface area contributed by atoms with Crippen LogP contribution in [0.2, 0.25) is 0 Å². The minimum absolute atomic E-state index is 0.00114. The van der Waals surface area contributed by atoms with Crippen LogP contribution in [0.1, 0.15) is 44.7 Å². The van der Waals surface area contributed by atoms with Crippen molar-refractivity contribution in [1.29, 1.82) is 0 Å². The smallest absolute Gasteiger partial charge is 0.249 e. The highest BCUT2D eigenvalue weighted by molar-refractivity contribution is 8.14. The molecule has 52 heavy (non-hydrogen) atoms. The standard InChI is InChI=1S/C38H45N7O5S2/c1-21(2)30-37-42-28(20-52-37)32(46)39-25(17-23-11-6-4-7-12-23)36-41-27(19-51-36)33(47)40-26(18-24-13-8-5-9-14-24)38(49)45-16-10-15-29(45)35-44-31(22(3)50-35)34(48)43-30/h4-9,11-14,21-22,25-31H,10,15-20H2,1-3H3,(H,39,46)(H,40,47)(H,43,48)/t22-,25-,26+,27?,28+,29+,30-,31+/m1/s1. The van der Waals surface area contributed by atoms with Crippen LogP contribution < -0.4 is 16.0 Å². The number of carbonyl (C=O) groups is 4. The monoisotopic (exact) mass is 743 g/mol. The van der Waals surface area contributed by atoms with Crippen molar-refractivity contribution in [3.8, 4) is 0 Å². The number of thioether (sulfide) groups is 2. The van der Waals surface area contributed by atoms with Crippen LogP contribution in [-0.2, 0) is 36.8 Å². The first-order chi connectivity index (χ1) is 25.1. The Morgan fingerprint density at radius 1 is 0.769 bits per heavy atom. The van der Waals surface area contributed by atoms with Gasteiger partial charge in [-0.1, -0.05) is 74.5 Å². The summed E-state index contributed by atoms with van der Waals surface area (Å²) in [7, 11) is 0. The molecule has 0 aliphatic carbocycles. The molecular weight excluding hydrogens is 699 g/mol. The minimum atomic E-state index is -0.856. The minimum Gasteiger partial charge on any atom is -0.474 e. The van der Waals surface area contributed by atoms with Crippen molar-refractivity contribution in [3.63, 3.8) is 0 Å². The number of ether oxygens (including phenoxy) is 1. The number of aliphatic imine (C=N–C) groups is 3. The summed E-state index contributed by atoms with van der Waals surface area (Å²) < 4.78 is 6.21. The highest BCUT2D eigenvalue weighted by atomic mass is 32.2. The number of amides is 4. The van der Waals surface area contributed by atoms with Crippen molar-refractivity contribution in [2.24, 2.45) is 20.9 Å². The average Bonchev–Trinajstić information content (AvgIpc) is 3.97. The van der Waals surface area contributed by atoms with Crippen molar-refractivity contribution in [3.05, 3.63) is 71.8 Å². The molecule has 5 aliphatic rings. The highest BCUT2D eigenvalue weighted by Crippen LogP contribution is 2.29. The van der Waals surface area contributed by atoms with Crippen LogP contribution in [-0.4, -0.2) is 111 Å². The molecule has 274 valence electrons. The summed E-state index contributed by atoms with van der Waals surface area (Å²) in [5.41, 5.74) is 1.93. The molecule has 1 unspecified atom stereocenters. The largest absolute Gasteiger partial charge is 0.474 e. The van der Waals surface area contributed by atoms with E-state index >= 15 is 0 Å². The number of carbonyl (C=O) groups excluding carboxylic acids is 4. The quantitative estimate of drug-likeness (QED) is 0.426. The van der Waals surface area contributed by atoms with Gasteiger partial charge in [0.05, 0.1) is 22.2 Å². The van der Waals surface area contributed by atoms with Gasteiger partial charge in [0.25, 0.3) is 0 Å². The Kier molecular flexibility index (Phi) is 11.0. The van der Waals surface area contributed by atoms with Crippen molar-refractivity contribution in [1.82, 2.24) is 20.9 Å². The lowest BCUT2D eigenvalue weighted by molar-refractivity contribution is -0.136. The van der Waals surface area contributed by atoms with Crippen LogP contribution in [0.15, 0.2) is 75.6 Å². The van der Waals surface area contributed by atoms with E-state index in [9.17, 15) is 19.2 Å². The molecular formula is C38H45N7O5S2. The van der Waals surface area contributed by atoms with E-state index in [1.54, 1.807) is 4.90 Å². The second kappa shape index (κ2) is 15.8. The van der Waals surface area contributed by atoms with Gasteiger partial charge in [0.2, 0.25) is 29.5 Å². The molecule has 5 heterocycles. The van der Waals surface area contributed by atoms with Crippen molar-refractivity contribution >= 4 is 63.1 Å². The van der Waals surface area contributed by atoms with Crippen molar-refractivity contribution < 1.29 is 23.9 Å². The number of rotatable bonds is 5. The van der Waals surface area contributed by atoms with Gasteiger partial charge in [0, 0.05) is 24.5 Å². The second-order valence-corrected chi connectivity index (χ2v) is 16.3. The van der Waals surface area contributed by atoms with Crippen LogP contribution in [0.3, 0.4) is 0 Å². The lowest BCUT2D eigenvalue weighted by atomic mass is 10.0. The molecule has 8 atom stereocenters. The maximum absolute atomic E-state index is 14.4.